The fourth-order valence-corrected chi connectivity index (χ4v) is 4.63. The van der Waals surface area contributed by atoms with Crippen LogP contribution < -0.4 is 4.74 Å². The van der Waals surface area contributed by atoms with Crippen molar-refractivity contribution in [3.8, 4) is 5.75 Å². The molecule has 0 saturated heterocycles. The second kappa shape index (κ2) is 16.6. The third-order valence-electron chi connectivity index (χ3n) is 6.55. The Labute approximate surface area is 222 Å². The van der Waals surface area contributed by atoms with Gasteiger partial charge in [-0.3, -0.25) is 4.79 Å². The van der Waals surface area contributed by atoms with Crippen molar-refractivity contribution in [3.63, 3.8) is 0 Å². The summed E-state index contributed by atoms with van der Waals surface area (Å²) in [6.45, 7) is 8.31. The molecule has 4 nitrogen and oxygen atoms in total. The quantitative estimate of drug-likeness (QED) is 0.105. The molecule has 6 heteroatoms. The van der Waals surface area contributed by atoms with E-state index in [0.717, 1.165) is 38.5 Å². The predicted molar refractivity (Wildman–Crippen MR) is 134 cm³/mol. The molecule has 1 aromatic rings. The van der Waals surface area contributed by atoms with Crippen molar-refractivity contribution in [2.75, 3.05) is 0 Å². The van der Waals surface area contributed by atoms with Gasteiger partial charge in [-0.1, -0.05) is 69.4 Å². The molecule has 1 aromatic carbocycles. The summed E-state index contributed by atoms with van der Waals surface area (Å²) in [5, 5.41) is 0.232. The Kier molecular flexibility index (Phi) is 15.1. The number of carbonyl (C=O) groups is 2. The Hall–Kier alpha value is -1.03. The number of rotatable bonds is 9. The van der Waals surface area contributed by atoms with Crippen LogP contribution in [0.1, 0.15) is 115 Å². The fraction of sp³-hybridized carbons (Fsp3) is 0.643. The monoisotopic (exact) mass is 532 g/mol. The van der Waals surface area contributed by atoms with Crippen molar-refractivity contribution in [2.24, 2.45) is 5.92 Å². The average Bonchev–Trinajstić information content (AvgIpc) is 3.42. The van der Waals surface area contributed by atoms with Gasteiger partial charge in [0, 0.05) is 6.07 Å². The maximum Gasteiger partial charge on any atom is 2.00 e. The van der Waals surface area contributed by atoms with E-state index < -0.39 is 5.97 Å². The Morgan fingerprint density at radius 1 is 1.09 bits per heavy atom. The van der Waals surface area contributed by atoms with Crippen molar-refractivity contribution in [1.82, 2.24) is 0 Å². The molecule has 3 rings (SSSR count). The Morgan fingerprint density at radius 3 is 2.32 bits per heavy atom. The van der Waals surface area contributed by atoms with Gasteiger partial charge in [-0.05, 0) is 31.9 Å². The maximum atomic E-state index is 12.3. The molecule has 0 aliphatic heterocycles. The van der Waals surface area contributed by atoms with Crippen LogP contribution in [-0.4, -0.2) is 18.0 Å². The van der Waals surface area contributed by atoms with Crippen molar-refractivity contribution in [3.05, 3.63) is 40.6 Å². The molecule has 0 heterocycles. The number of carbonyl (C=O) groups excluding carboxylic acids is 2. The molecule has 0 amide bonds. The number of esters is 2. The van der Waals surface area contributed by atoms with Crippen LogP contribution in [0.5, 0.6) is 5.75 Å². The van der Waals surface area contributed by atoms with Gasteiger partial charge in [-0.2, -0.15) is 33.1 Å². The summed E-state index contributed by atoms with van der Waals surface area (Å²) in [4.78, 5) is 24.6. The number of hydrogen-bond donors (Lipinski definition) is 0. The average molecular weight is 533 g/mol. The second-order valence-corrected chi connectivity index (χ2v) is 9.99. The summed E-state index contributed by atoms with van der Waals surface area (Å²) >= 11 is 6.23. The molecule has 2 atom stereocenters. The van der Waals surface area contributed by atoms with E-state index in [1.165, 1.54) is 50.5 Å². The van der Waals surface area contributed by atoms with Gasteiger partial charge in [0.2, 0.25) is 0 Å². The molecule has 2 fully saturated rings. The minimum atomic E-state index is -0.444. The van der Waals surface area contributed by atoms with E-state index >= 15 is 0 Å². The molecule has 2 aliphatic carbocycles. The van der Waals surface area contributed by atoms with Crippen LogP contribution in [-0.2, 0) is 26.6 Å². The smallest absolute Gasteiger partial charge is 0.459 e. The summed E-state index contributed by atoms with van der Waals surface area (Å²) in [6, 6.07) is 4.66. The van der Waals surface area contributed by atoms with Crippen LogP contribution in [0, 0.1) is 17.8 Å². The molecular weight excluding hydrogens is 492 g/mol. The number of unbranched alkanes of at least 4 members (excludes halogenated alkanes) is 3. The Balaban J connectivity index is 0.000000716. The first-order chi connectivity index (χ1) is 15.8. The van der Waals surface area contributed by atoms with Crippen molar-refractivity contribution in [1.29, 1.82) is 0 Å². The standard InChI is InChI=1S/C22H30ClO4.C6H11.Fe/c1-4-5-6-7-10-16(3)26-22(25)19-13-12-17(14-20(19)23)27-21(24)18-11-8-9-15(18)2;1-6-4-2-3-5-6;/h12-14,16,18H,4-11H2,1-3H3;2-5H2,1H3;/q2*-1;+2. The van der Waals surface area contributed by atoms with Gasteiger partial charge in [-0.25, -0.2) is 4.79 Å². The van der Waals surface area contributed by atoms with E-state index in [-0.39, 0.29) is 40.1 Å². The van der Waals surface area contributed by atoms with Crippen molar-refractivity contribution < 1.29 is 36.1 Å². The number of benzene rings is 1. The van der Waals surface area contributed by atoms with Crippen LogP contribution in [0.15, 0.2) is 18.2 Å². The first kappa shape index (κ1) is 31.0. The van der Waals surface area contributed by atoms with Crippen molar-refractivity contribution >= 4 is 23.5 Å². The van der Waals surface area contributed by atoms with Crippen molar-refractivity contribution in [2.45, 2.75) is 111 Å². The first-order valence-electron chi connectivity index (χ1n) is 12.7. The molecule has 34 heavy (non-hydrogen) atoms. The maximum absolute atomic E-state index is 12.3. The van der Waals surface area contributed by atoms with Gasteiger partial charge < -0.3 is 21.3 Å². The summed E-state index contributed by atoms with van der Waals surface area (Å²) in [5.74, 6) is 2.39. The van der Waals surface area contributed by atoms with Crippen LogP contribution >= 0.6 is 11.6 Å². The zero-order valence-electron chi connectivity index (χ0n) is 21.2. The third-order valence-corrected chi connectivity index (χ3v) is 6.86. The zero-order valence-corrected chi connectivity index (χ0v) is 23.1. The molecular formula is C28H41ClFeO4. The molecule has 0 aromatic heterocycles. The van der Waals surface area contributed by atoms with Crippen LogP contribution in [0.4, 0.5) is 0 Å². The third kappa shape index (κ3) is 10.7. The summed E-state index contributed by atoms with van der Waals surface area (Å²) in [6.07, 6.45) is 13.8. The minimum Gasteiger partial charge on any atom is -0.459 e. The number of hydrogen-bond acceptors (Lipinski definition) is 4. The van der Waals surface area contributed by atoms with E-state index in [9.17, 15) is 9.59 Å². The van der Waals surface area contributed by atoms with Gasteiger partial charge in [0.25, 0.3) is 5.97 Å². The van der Waals surface area contributed by atoms with Gasteiger partial charge >= 0.3 is 23.0 Å². The van der Waals surface area contributed by atoms with Gasteiger partial charge in [-0.15, -0.1) is 0 Å². The van der Waals surface area contributed by atoms with Crippen LogP contribution in [0.25, 0.3) is 0 Å². The zero-order chi connectivity index (χ0) is 24.2. The van der Waals surface area contributed by atoms with Crippen LogP contribution in [0.3, 0.4) is 0 Å². The predicted octanol–water partition coefficient (Wildman–Crippen LogP) is 8.31. The molecule has 2 unspecified atom stereocenters. The van der Waals surface area contributed by atoms with Gasteiger partial charge in [0.15, 0.2) is 0 Å². The normalized spacial score (nSPS) is 19.0. The van der Waals surface area contributed by atoms with E-state index in [1.807, 2.05) is 13.8 Å². The molecule has 0 N–H and O–H groups in total. The largest absolute Gasteiger partial charge is 2.00 e. The van der Waals surface area contributed by atoms with Gasteiger partial charge in [0.1, 0.15) is 5.75 Å². The minimum absolute atomic E-state index is 0. The summed E-state index contributed by atoms with van der Waals surface area (Å²) in [5.41, 5.74) is 0.292. The molecule has 0 radical (unpaired) electrons. The second-order valence-electron chi connectivity index (χ2n) is 9.58. The Morgan fingerprint density at radius 2 is 1.79 bits per heavy atom. The first-order valence-corrected chi connectivity index (χ1v) is 13.1. The summed E-state index contributed by atoms with van der Waals surface area (Å²) < 4.78 is 10.9. The van der Waals surface area contributed by atoms with E-state index in [2.05, 4.69) is 13.8 Å². The number of ether oxygens (including phenoxy) is 2. The summed E-state index contributed by atoms with van der Waals surface area (Å²) in [7, 11) is 0. The van der Waals surface area contributed by atoms with Crippen LogP contribution in [0.2, 0.25) is 5.02 Å². The Bertz CT molecular complexity index is 748. The molecule has 2 saturated carbocycles. The molecule has 0 bridgehead atoms. The van der Waals surface area contributed by atoms with E-state index in [0.29, 0.717) is 11.3 Å². The van der Waals surface area contributed by atoms with E-state index in [1.54, 1.807) is 18.1 Å². The SMILES string of the molecule is CCCCCCC(C)OC(=O)c1ccc(OC(=O)C2CCC[C-]2C)cc1Cl.C[C-]1CCCC1.[Fe+2]. The topological polar surface area (TPSA) is 52.6 Å². The van der Waals surface area contributed by atoms with E-state index in [4.69, 9.17) is 21.1 Å². The van der Waals surface area contributed by atoms with Gasteiger partial charge in [0.05, 0.1) is 16.7 Å². The molecule has 2 aliphatic rings. The number of halogens is 1. The molecule has 0 spiro atoms. The molecule has 192 valence electrons. The fourth-order valence-electron chi connectivity index (χ4n) is 4.38.